The van der Waals surface area contributed by atoms with Gasteiger partial charge >= 0.3 is 0 Å². The van der Waals surface area contributed by atoms with Gasteiger partial charge in [-0.05, 0) is 31.2 Å². The Kier molecular flexibility index (Phi) is 10.1. The zero-order valence-corrected chi connectivity index (χ0v) is 31.2. The number of likely N-dealkylation sites (tertiary alicyclic amines) is 1. The van der Waals surface area contributed by atoms with E-state index in [-0.39, 0.29) is 51.0 Å². The van der Waals surface area contributed by atoms with Crippen molar-refractivity contribution >= 4 is 35.0 Å². The lowest BCUT2D eigenvalue weighted by Gasteiger charge is -2.40. The molecular weight excluding hydrogens is 720 g/mol. The van der Waals surface area contributed by atoms with E-state index in [0.717, 1.165) is 30.4 Å². The molecule has 0 saturated carbocycles. The molecule has 3 aromatic heterocycles. The fourth-order valence-corrected chi connectivity index (χ4v) is 7.44. The lowest BCUT2D eigenvalue weighted by molar-refractivity contribution is -0.895. The van der Waals surface area contributed by atoms with Gasteiger partial charge in [0, 0.05) is 86.8 Å². The molecule has 5 heterocycles. The van der Waals surface area contributed by atoms with Crippen LogP contribution in [0.1, 0.15) is 45.2 Å². The quantitative estimate of drug-likeness (QED) is 0.223. The maximum atomic E-state index is 15.6. The summed E-state index contributed by atoms with van der Waals surface area (Å²) in [5.74, 6) is -2.89. The molecule has 0 radical (unpaired) electrons. The molecule has 0 aliphatic carbocycles. The van der Waals surface area contributed by atoms with Crippen LogP contribution in [-0.2, 0) is 18.4 Å². The van der Waals surface area contributed by atoms with Crippen LogP contribution in [0.2, 0.25) is 5.02 Å². The maximum absolute atomic E-state index is 15.6. The Morgan fingerprint density at radius 3 is 2.35 bits per heavy atom. The number of quaternary nitrogens is 1. The highest BCUT2D eigenvalue weighted by Crippen LogP contribution is 2.33. The smallest absolute Gasteiger partial charge is 0.291 e. The highest BCUT2D eigenvalue weighted by atomic mass is 35.5. The van der Waals surface area contributed by atoms with Gasteiger partial charge in [-0.15, -0.1) is 5.10 Å². The van der Waals surface area contributed by atoms with E-state index < -0.39 is 17.5 Å². The van der Waals surface area contributed by atoms with Crippen molar-refractivity contribution in [2.45, 2.75) is 26.3 Å². The third-order valence-corrected chi connectivity index (χ3v) is 10.7. The molecule has 0 bridgehead atoms. The highest BCUT2D eigenvalue weighted by molar-refractivity contribution is 6.34. The number of piperidine rings is 1. The number of anilines is 1. The van der Waals surface area contributed by atoms with Crippen LogP contribution in [-0.4, -0.2) is 120 Å². The second-order valence-electron chi connectivity index (χ2n) is 14.5. The summed E-state index contributed by atoms with van der Waals surface area (Å²) >= 11 is 6.55. The van der Waals surface area contributed by atoms with Crippen molar-refractivity contribution in [2.75, 3.05) is 58.7 Å². The molecule has 54 heavy (non-hydrogen) atoms. The van der Waals surface area contributed by atoms with Crippen LogP contribution in [0, 0.1) is 24.5 Å². The molecule has 2 N–H and O–H groups in total. The molecule has 0 unspecified atom stereocenters. The summed E-state index contributed by atoms with van der Waals surface area (Å²) in [7, 11) is 5.90. The van der Waals surface area contributed by atoms with E-state index in [1.54, 1.807) is 41.0 Å². The van der Waals surface area contributed by atoms with Crippen molar-refractivity contribution in [3.63, 3.8) is 0 Å². The van der Waals surface area contributed by atoms with Gasteiger partial charge in [0.1, 0.15) is 5.69 Å². The zero-order chi connectivity index (χ0) is 38.3. The number of halogens is 3. The van der Waals surface area contributed by atoms with Crippen LogP contribution in [0.15, 0.2) is 48.9 Å². The summed E-state index contributed by atoms with van der Waals surface area (Å²) in [5, 5.41) is 17.5. The molecular formula is C37H41ClF2N11O3+. The highest BCUT2D eigenvalue weighted by Gasteiger charge is 2.35. The van der Waals surface area contributed by atoms with E-state index in [0.29, 0.717) is 55.4 Å². The number of aromatic amines is 1. The monoisotopic (exact) mass is 760 g/mol. The lowest BCUT2D eigenvalue weighted by Crippen LogP contribution is -2.54. The normalized spacial score (nSPS) is 16.1. The minimum Gasteiger partial charge on any atom is -0.339 e. The third-order valence-electron chi connectivity index (χ3n) is 10.4. The van der Waals surface area contributed by atoms with Crippen LogP contribution in [0.4, 0.5) is 14.5 Å². The number of H-pyrrole nitrogens is 1. The van der Waals surface area contributed by atoms with Crippen molar-refractivity contribution in [1.82, 2.24) is 44.5 Å². The average Bonchev–Trinajstić information content (AvgIpc) is 3.89. The largest absolute Gasteiger partial charge is 0.339 e. The topological polar surface area (TPSA) is 147 Å². The SMILES string of the molecule is Cc1nn(Cc2c[nH]nn2)cc1-c1ccc(-c2cnc(C(=O)Nc3ccc(C(=O)N4CCN(C(=O)C5CC[N+](C)(C)CC5)CC4)c(Cl)c3)n2C)c(F)c1F. The number of nitrogens with one attached hydrogen (secondary N) is 2. The number of aromatic nitrogens is 7. The molecule has 14 nitrogen and oxygen atoms in total. The summed E-state index contributed by atoms with van der Waals surface area (Å²) < 4.78 is 35.1. The summed E-state index contributed by atoms with van der Waals surface area (Å²) in [5.41, 5.74) is 2.30. The Morgan fingerprint density at radius 1 is 0.981 bits per heavy atom. The zero-order valence-electron chi connectivity index (χ0n) is 30.4. The number of carbonyl (C=O) groups excluding carboxylic acids is 3. The van der Waals surface area contributed by atoms with Crippen LogP contribution >= 0.6 is 11.6 Å². The third kappa shape index (κ3) is 7.35. The van der Waals surface area contributed by atoms with Crippen LogP contribution in [0.5, 0.6) is 0 Å². The van der Waals surface area contributed by atoms with Crippen LogP contribution in [0.3, 0.4) is 0 Å². The first-order chi connectivity index (χ1) is 25.8. The molecule has 282 valence electrons. The number of rotatable bonds is 8. The fourth-order valence-electron chi connectivity index (χ4n) is 7.18. The van der Waals surface area contributed by atoms with Crippen molar-refractivity contribution in [2.24, 2.45) is 13.0 Å². The van der Waals surface area contributed by atoms with Gasteiger partial charge in [0.2, 0.25) is 5.91 Å². The van der Waals surface area contributed by atoms with Gasteiger partial charge in [0.05, 0.1) is 61.9 Å². The van der Waals surface area contributed by atoms with Gasteiger partial charge in [0.25, 0.3) is 11.8 Å². The van der Waals surface area contributed by atoms with E-state index in [1.807, 2.05) is 4.90 Å². The van der Waals surface area contributed by atoms with Crippen LogP contribution in [0.25, 0.3) is 22.4 Å². The van der Waals surface area contributed by atoms with Crippen molar-refractivity contribution in [1.29, 1.82) is 0 Å². The van der Waals surface area contributed by atoms with E-state index >= 15 is 8.78 Å². The number of amides is 3. The number of imidazole rings is 1. The molecule has 7 rings (SSSR count). The Morgan fingerprint density at radius 2 is 1.67 bits per heavy atom. The van der Waals surface area contributed by atoms with Gasteiger partial charge in [-0.25, -0.2) is 13.8 Å². The fraction of sp³-hybridized carbons (Fsp3) is 0.378. The Bertz CT molecular complexity index is 2220. The Labute approximate surface area is 315 Å². The lowest BCUT2D eigenvalue weighted by atomic mass is 9.94. The molecule has 5 aromatic rings. The number of aryl methyl sites for hydroxylation is 1. The number of nitrogens with zero attached hydrogens (tertiary/aromatic N) is 9. The van der Waals surface area contributed by atoms with Crippen molar-refractivity contribution < 1.29 is 27.6 Å². The number of hydrogen-bond donors (Lipinski definition) is 2. The molecule has 2 fully saturated rings. The Hall–Kier alpha value is -5.48. The van der Waals surface area contributed by atoms with Crippen LogP contribution < -0.4 is 5.32 Å². The first-order valence-corrected chi connectivity index (χ1v) is 18.1. The molecule has 0 atom stereocenters. The number of piperazine rings is 1. The molecule has 2 aromatic carbocycles. The number of benzene rings is 2. The predicted octanol–water partition coefficient (Wildman–Crippen LogP) is 4.38. The summed E-state index contributed by atoms with van der Waals surface area (Å²) in [4.78, 5) is 47.6. The molecule has 3 amide bonds. The summed E-state index contributed by atoms with van der Waals surface area (Å²) in [6.07, 6.45) is 6.28. The molecule has 2 aliphatic rings. The van der Waals surface area contributed by atoms with Crippen molar-refractivity contribution in [3.8, 4) is 22.4 Å². The van der Waals surface area contributed by atoms with E-state index in [1.165, 1.54) is 36.0 Å². The first-order valence-electron chi connectivity index (χ1n) is 17.7. The van der Waals surface area contributed by atoms with Gasteiger partial charge in [-0.3, -0.25) is 24.2 Å². The van der Waals surface area contributed by atoms with E-state index in [2.05, 4.69) is 44.9 Å². The molecule has 0 spiro atoms. The maximum Gasteiger partial charge on any atom is 0.291 e. The van der Waals surface area contributed by atoms with Gasteiger partial charge in [-0.2, -0.15) is 5.10 Å². The summed E-state index contributed by atoms with van der Waals surface area (Å²) in [6, 6.07) is 7.48. The predicted molar refractivity (Wildman–Crippen MR) is 196 cm³/mol. The van der Waals surface area contributed by atoms with Gasteiger partial charge in [-0.1, -0.05) is 22.9 Å². The minimum absolute atomic E-state index is 0.0355. The van der Waals surface area contributed by atoms with E-state index in [4.69, 9.17) is 11.6 Å². The average molecular weight is 761 g/mol. The summed E-state index contributed by atoms with van der Waals surface area (Å²) in [6.45, 7) is 5.69. The van der Waals surface area contributed by atoms with Gasteiger partial charge < -0.3 is 24.2 Å². The second-order valence-corrected chi connectivity index (χ2v) is 14.9. The van der Waals surface area contributed by atoms with Crippen molar-refractivity contribution in [3.05, 3.63) is 88.4 Å². The first kappa shape index (κ1) is 36.9. The Balaban J connectivity index is 0.985. The second kappa shape index (κ2) is 14.7. The standard InChI is InChI=1S/C37H40ClF2N11O3/c1-22-29(21-50(45-22)20-25-18-42-46-44-25)26-7-8-28(33(40)32(26)39)31-19-41-34(47(31)2)35(52)43-24-5-6-27(30(38)17-24)37(54)49-13-11-48(12-14-49)36(53)23-9-15-51(3,4)16-10-23/h5-8,17-19,21,23H,9-16,20H2,1-4H3,(H-,42,43,44,46,52,54)/p+1. The molecule has 2 aliphatic heterocycles. The molecule has 17 heteroatoms. The number of carbonyl (C=O) groups is 3. The molecule has 2 saturated heterocycles. The number of hydrogen-bond acceptors (Lipinski definition) is 7. The van der Waals surface area contributed by atoms with E-state index in [9.17, 15) is 14.4 Å². The minimum atomic E-state index is -1.10. The van der Waals surface area contributed by atoms with Gasteiger partial charge in [0.15, 0.2) is 17.5 Å².